The Kier molecular flexibility index (Phi) is 14.9. The van der Waals surface area contributed by atoms with Crippen molar-refractivity contribution in [2.45, 2.75) is 123 Å². The van der Waals surface area contributed by atoms with E-state index in [9.17, 15) is 13.0 Å². The maximum absolute atomic E-state index is 11.4. The van der Waals surface area contributed by atoms with E-state index < -0.39 is 16.2 Å². The van der Waals surface area contributed by atoms with Crippen molar-refractivity contribution in [2.75, 3.05) is 5.75 Å². The van der Waals surface area contributed by atoms with Crippen LogP contribution >= 0.6 is 0 Å². The Labute approximate surface area is 191 Å². The van der Waals surface area contributed by atoms with E-state index in [-0.39, 0.29) is 5.75 Å². The van der Waals surface area contributed by atoms with Crippen LogP contribution in [0.15, 0.2) is 18.2 Å². The Bertz CT molecular complexity index is 685. The van der Waals surface area contributed by atoms with Gasteiger partial charge in [0.25, 0.3) is 10.1 Å². The van der Waals surface area contributed by atoms with Gasteiger partial charge < -0.3 is 4.74 Å². The largest absolute Gasteiger partial charge is 0.489 e. The molecule has 0 saturated carbocycles. The normalized spacial score (nSPS) is 12.8. The summed E-state index contributed by atoms with van der Waals surface area (Å²) in [5, 5.41) is 0. The molecule has 1 unspecified atom stereocenters. The van der Waals surface area contributed by atoms with Crippen LogP contribution in [0, 0.1) is 0 Å². The van der Waals surface area contributed by atoms with E-state index in [4.69, 9.17) is 4.74 Å². The van der Waals surface area contributed by atoms with Crippen LogP contribution in [0.3, 0.4) is 0 Å². The zero-order chi connectivity index (χ0) is 23.0. The zero-order valence-electron chi connectivity index (χ0n) is 20.2. The molecule has 0 aliphatic rings. The first-order valence-electron chi connectivity index (χ1n) is 12.6. The van der Waals surface area contributed by atoms with E-state index in [1.54, 1.807) is 0 Å². The first-order chi connectivity index (χ1) is 14.9. The highest BCUT2D eigenvalue weighted by Gasteiger charge is 2.18. The fourth-order valence-corrected chi connectivity index (χ4v) is 4.70. The van der Waals surface area contributed by atoms with Gasteiger partial charge in [0.05, 0.1) is 0 Å². The van der Waals surface area contributed by atoms with Crippen LogP contribution in [0.2, 0.25) is 0 Å². The van der Waals surface area contributed by atoms with Gasteiger partial charge in [-0.15, -0.1) is 0 Å². The summed E-state index contributed by atoms with van der Waals surface area (Å²) in [5.74, 6) is 0.439. The molecule has 1 aromatic rings. The van der Waals surface area contributed by atoms with Crippen LogP contribution in [0.4, 0.5) is 0 Å². The molecule has 0 fully saturated rings. The lowest BCUT2D eigenvalue weighted by Crippen LogP contribution is -2.26. The first-order valence-corrected chi connectivity index (χ1v) is 14.2. The molecule has 4 nitrogen and oxygen atoms in total. The molecule has 0 aromatic heterocycles. The van der Waals surface area contributed by atoms with Crippen molar-refractivity contribution in [3.8, 4) is 5.75 Å². The second-order valence-corrected chi connectivity index (χ2v) is 10.4. The smallest absolute Gasteiger partial charge is 0.268 e. The maximum atomic E-state index is 11.4. The van der Waals surface area contributed by atoms with Crippen LogP contribution in [0.25, 0.3) is 0 Å². The predicted molar refractivity (Wildman–Crippen MR) is 132 cm³/mol. The van der Waals surface area contributed by atoms with Crippen LogP contribution < -0.4 is 4.74 Å². The van der Waals surface area contributed by atoms with Crippen molar-refractivity contribution in [2.24, 2.45) is 0 Å². The van der Waals surface area contributed by atoms with Gasteiger partial charge in [0.1, 0.15) is 17.6 Å². The number of hydrogen-bond donors (Lipinski definition) is 1. The summed E-state index contributed by atoms with van der Waals surface area (Å²) in [5.41, 5.74) is 2.40. The molecule has 0 heterocycles. The Balaban J connectivity index is 2.74. The highest BCUT2D eigenvalue weighted by atomic mass is 32.2. The van der Waals surface area contributed by atoms with Crippen LogP contribution in [-0.4, -0.2) is 24.8 Å². The Morgan fingerprint density at radius 3 is 1.90 bits per heavy atom. The molecule has 0 aliphatic heterocycles. The number of rotatable bonds is 19. The molecule has 31 heavy (non-hydrogen) atoms. The van der Waals surface area contributed by atoms with Crippen LogP contribution in [0.1, 0.15) is 115 Å². The number of ether oxygens (including phenoxy) is 1. The monoisotopic (exact) mass is 454 g/mol. The fraction of sp³-hybridized carbons (Fsp3) is 0.769. The van der Waals surface area contributed by atoms with Gasteiger partial charge in [-0.3, -0.25) is 4.55 Å². The number of hydrogen-bond acceptors (Lipinski definition) is 3. The molecule has 0 bridgehead atoms. The molecule has 0 radical (unpaired) electrons. The second kappa shape index (κ2) is 16.5. The van der Waals surface area contributed by atoms with E-state index in [0.29, 0.717) is 6.42 Å². The molecule has 0 amide bonds. The van der Waals surface area contributed by atoms with Crippen molar-refractivity contribution in [3.63, 3.8) is 0 Å². The topological polar surface area (TPSA) is 63.6 Å². The molecule has 1 aromatic carbocycles. The summed E-state index contributed by atoms with van der Waals surface area (Å²) in [7, 11) is -4.06. The van der Waals surface area contributed by atoms with Crippen molar-refractivity contribution in [1.29, 1.82) is 0 Å². The van der Waals surface area contributed by atoms with E-state index in [0.717, 1.165) is 30.6 Å². The van der Waals surface area contributed by atoms with Gasteiger partial charge in [0, 0.05) is 0 Å². The molecule has 0 spiro atoms. The van der Waals surface area contributed by atoms with Crippen molar-refractivity contribution in [1.82, 2.24) is 0 Å². The predicted octanol–water partition coefficient (Wildman–Crippen LogP) is 7.54. The molecule has 5 heteroatoms. The third kappa shape index (κ3) is 13.8. The first kappa shape index (κ1) is 28.0. The molecule has 1 N–H and O–H groups in total. The average molecular weight is 455 g/mol. The molecule has 0 saturated heterocycles. The highest BCUT2D eigenvalue weighted by Crippen LogP contribution is 2.26. The zero-order valence-corrected chi connectivity index (χ0v) is 21.0. The van der Waals surface area contributed by atoms with E-state index in [1.165, 1.54) is 76.2 Å². The molecule has 180 valence electrons. The lowest BCUT2D eigenvalue weighted by atomic mass is 10.00. The molecular weight excluding hydrogens is 408 g/mol. The lowest BCUT2D eigenvalue weighted by Gasteiger charge is -2.20. The summed E-state index contributed by atoms with van der Waals surface area (Å²) in [6.07, 6.45) is 17.0. The summed E-state index contributed by atoms with van der Waals surface area (Å²) >= 11 is 0. The summed E-state index contributed by atoms with van der Waals surface area (Å²) < 4.78 is 38.1. The van der Waals surface area contributed by atoms with E-state index >= 15 is 0 Å². The quantitative estimate of drug-likeness (QED) is 0.173. The number of unbranched alkanes of at least 4 members (excludes halogenated alkanes) is 10. The standard InChI is InChI=1S/C26H46O4S/c1-4-7-9-11-13-15-17-23-19-20-24(18-16-14-12-10-8-5-2)26(21-23)30-25(6-3)22-31(27,28)29/h19-21,25H,4-18,22H2,1-3H3,(H,27,28,29). The van der Waals surface area contributed by atoms with Crippen LogP contribution in [0.5, 0.6) is 5.75 Å². The summed E-state index contributed by atoms with van der Waals surface area (Å²) in [4.78, 5) is 0. The van der Waals surface area contributed by atoms with Crippen molar-refractivity contribution in [3.05, 3.63) is 29.3 Å². The minimum atomic E-state index is -4.06. The maximum Gasteiger partial charge on any atom is 0.268 e. The third-order valence-corrected chi connectivity index (χ3v) is 6.69. The van der Waals surface area contributed by atoms with Gasteiger partial charge in [-0.25, -0.2) is 0 Å². The minimum absolute atomic E-state index is 0.360. The third-order valence-electron chi connectivity index (χ3n) is 5.90. The Morgan fingerprint density at radius 2 is 1.35 bits per heavy atom. The van der Waals surface area contributed by atoms with Gasteiger partial charge in [-0.2, -0.15) is 8.42 Å². The van der Waals surface area contributed by atoms with E-state index in [2.05, 4.69) is 32.0 Å². The van der Waals surface area contributed by atoms with Gasteiger partial charge in [-0.05, 0) is 49.3 Å². The molecule has 1 rings (SSSR count). The number of benzene rings is 1. The molecule has 0 aliphatic carbocycles. The van der Waals surface area contributed by atoms with Crippen molar-refractivity contribution >= 4 is 10.1 Å². The second-order valence-electron chi connectivity index (χ2n) is 8.87. The highest BCUT2D eigenvalue weighted by molar-refractivity contribution is 7.85. The van der Waals surface area contributed by atoms with Crippen molar-refractivity contribution < 1.29 is 17.7 Å². The minimum Gasteiger partial charge on any atom is -0.489 e. The Hall–Kier alpha value is -1.07. The fourth-order valence-electron chi connectivity index (χ4n) is 3.93. The van der Waals surface area contributed by atoms with Crippen LogP contribution in [-0.2, 0) is 23.0 Å². The van der Waals surface area contributed by atoms with Gasteiger partial charge in [0.2, 0.25) is 0 Å². The summed E-state index contributed by atoms with van der Waals surface area (Å²) in [6.45, 7) is 6.36. The number of aryl methyl sites for hydroxylation is 2. The SMILES string of the molecule is CCCCCCCCc1ccc(CCCCCCCC)c(OC(CC)CS(=O)(=O)O)c1. The van der Waals surface area contributed by atoms with Gasteiger partial charge in [0.15, 0.2) is 0 Å². The average Bonchev–Trinajstić information content (AvgIpc) is 2.72. The van der Waals surface area contributed by atoms with E-state index in [1.807, 2.05) is 6.92 Å². The Morgan fingerprint density at radius 1 is 0.806 bits per heavy atom. The lowest BCUT2D eigenvalue weighted by molar-refractivity contribution is 0.214. The molecular formula is C26H46O4S. The van der Waals surface area contributed by atoms with Gasteiger partial charge in [-0.1, -0.05) is 97.1 Å². The molecule has 1 atom stereocenters. The van der Waals surface area contributed by atoms with Gasteiger partial charge >= 0.3 is 0 Å². The summed E-state index contributed by atoms with van der Waals surface area (Å²) in [6, 6.07) is 6.47.